The first-order chi connectivity index (χ1) is 16.1. The molecule has 5 aromatic rings. The maximum atomic E-state index is 9.67. The highest BCUT2D eigenvalue weighted by atomic mass is 35.5. The Morgan fingerprint density at radius 3 is 1.58 bits per heavy atom. The summed E-state index contributed by atoms with van der Waals surface area (Å²) >= 11 is 12.1. The minimum absolute atomic E-state index is 0.158. The van der Waals surface area contributed by atoms with Crippen LogP contribution in [0.3, 0.4) is 0 Å². The Morgan fingerprint density at radius 2 is 1.12 bits per heavy atom. The monoisotopic (exact) mass is 476 g/mol. The molecule has 0 atom stereocenters. The molecule has 2 heterocycles. The van der Waals surface area contributed by atoms with Gasteiger partial charge in [0.25, 0.3) is 0 Å². The van der Waals surface area contributed by atoms with Gasteiger partial charge in [0.05, 0.1) is 16.9 Å². The van der Waals surface area contributed by atoms with E-state index in [-0.39, 0.29) is 5.75 Å². The van der Waals surface area contributed by atoms with E-state index in [4.69, 9.17) is 23.2 Å². The summed E-state index contributed by atoms with van der Waals surface area (Å²) in [5.41, 5.74) is 2.77. The molecule has 0 saturated carbocycles. The van der Waals surface area contributed by atoms with E-state index in [0.717, 1.165) is 5.56 Å². The summed E-state index contributed by atoms with van der Waals surface area (Å²) in [5, 5.41) is 35.4. The van der Waals surface area contributed by atoms with Crippen molar-refractivity contribution >= 4 is 34.9 Å². The Hall–Kier alpha value is -4.08. The van der Waals surface area contributed by atoms with E-state index >= 15 is 0 Å². The maximum Gasteiger partial charge on any atom is 0.190 e. The number of phenolic OH excluding ortho intramolecular Hbond substituents is 1. The van der Waals surface area contributed by atoms with Crippen molar-refractivity contribution in [1.82, 2.24) is 40.4 Å². The molecule has 0 saturated heterocycles. The molecular formula is C22H14Cl2N8O. The van der Waals surface area contributed by atoms with Crippen LogP contribution in [-0.4, -0.2) is 45.5 Å². The number of hydrogen-bond acceptors (Lipinski definition) is 7. The van der Waals surface area contributed by atoms with E-state index < -0.39 is 0 Å². The summed E-state index contributed by atoms with van der Waals surface area (Å²) < 4.78 is 3.15. The summed E-state index contributed by atoms with van der Waals surface area (Å²) in [5.74, 6) is 0.983. The number of tetrazole rings is 2. The van der Waals surface area contributed by atoms with Crippen LogP contribution in [0.15, 0.2) is 72.8 Å². The average molecular weight is 477 g/mol. The van der Waals surface area contributed by atoms with Crippen LogP contribution < -0.4 is 0 Å². The van der Waals surface area contributed by atoms with Crippen molar-refractivity contribution in [2.75, 3.05) is 0 Å². The molecule has 162 valence electrons. The van der Waals surface area contributed by atoms with Gasteiger partial charge in [-0.15, -0.1) is 10.2 Å². The topological polar surface area (TPSA) is 107 Å². The molecule has 0 fully saturated rings. The van der Waals surface area contributed by atoms with Crippen LogP contribution in [0.5, 0.6) is 5.75 Å². The minimum atomic E-state index is 0.158. The second kappa shape index (κ2) is 8.81. The summed E-state index contributed by atoms with van der Waals surface area (Å²) in [4.78, 5) is 0. The Kier molecular flexibility index (Phi) is 5.55. The number of benzene rings is 3. The number of rotatable bonds is 5. The second-order valence-corrected chi connectivity index (χ2v) is 7.80. The zero-order valence-corrected chi connectivity index (χ0v) is 18.3. The lowest BCUT2D eigenvalue weighted by atomic mass is 10.1. The van der Waals surface area contributed by atoms with Gasteiger partial charge in [-0.05, 0) is 93.2 Å². The lowest BCUT2D eigenvalue weighted by molar-refractivity contribution is 0.475. The molecule has 0 aliphatic heterocycles. The van der Waals surface area contributed by atoms with Crippen molar-refractivity contribution in [3.63, 3.8) is 0 Å². The normalized spacial score (nSPS) is 10.8. The van der Waals surface area contributed by atoms with Crippen molar-refractivity contribution in [2.24, 2.45) is 0 Å². The zero-order chi connectivity index (χ0) is 22.8. The SMILES string of the molecule is Oc1ccc(C=C(c2nnnn2-c2ccc(Cl)cc2)c2nnnn2-c2ccc(Cl)cc2)cc1. The van der Waals surface area contributed by atoms with Crippen molar-refractivity contribution in [3.05, 3.63) is 100 Å². The van der Waals surface area contributed by atoms with Gasteiger partial charge in [0.1, 0.15) is 5.75 Å². The fourth-order valence-electron chi connectivity index (χ4n) is 3.19. The van der Waals surface area contributed by atoms with Crippen LogP contribution in [-0.2, 0) is 0 Å². The number of aromatic hydroxyl groups is 1. The van der Waals surface area contributed by atoms with Crippen LogP contribution in [0.4, 0.5) is 0 Å². The molecule has 0 unspecified atom stereocenters. The Bertz CT molecular complexity index is 1340. The summed E-state index contributed by atoms with van der Waals surface area (Å²) in [6.07, 6.45) is 1.84. The average Bonchev–Trinajstić information content (AvgIpc) is 3.50. The molecule has 0 aliphatic carbocycles. The van der Waals surface area contributed by atoms with E-state index in [1.165, 1.54) is 0 Å². The van der Waals surface area contributed by atoms with Crippen molar-refractivity contribution in [3.8, 4) is 17.1 Å². The number of hydrogen-bond donors (Lipinski definition) is 1. The Labute approximate surface area is 197 Å². The van der Waals surface area contributed by atoms with Gasteiger partial charge in [0, 0.05) is 10.0 Å². The minimum Gasteiger partial charge on any atom is -0.508 e. The van der Waals surface area contributed by atoms with Gasteiger partial charge in [0.15, 0.2) is 11.6 Å². The molecule has 11 heteroatoms. The molecule has 0 amide bonds. The van der Waals surface area contributed by atoms with Gasteiger partial charge in [-0.3, -0.25) is 0 Å². The van der Waals surface area contributed by atoms with Gasteiger partial charge in [-0.2, -0.15) is 9.36 Å². The molecule has 0 bridgehead atoms. The fraction of sp³-hybridized carbons (Fsp3) is 0. The molecule has 33 heavy (non-hydrogen) atoms. The number of phenols is 1. The van der Waals surface area contributed by atoms with Crippen molar-refractivity contribution in [1.29, 1.82) is 0 Å². The molecule has 1 N–H and O–H groups in total. The molecule has 2 aromatic heterocycles. The molecule has 0 aliphatic rings. The van der Waals surface area contributed by atoms with Gasteiger partial charge in [-0.1, -0.05) is 35.3 Å². The molecular weight excluding hydrogens is 463 g/mol. The summed E-state index contributed by atoms with van der Waals surface area (Å²) in [6, 6.07) is 21.0. The van der Waals surface area contributed by atoms with Crippen LogP contribution in [0, 0.1) is 0 Å². The highest BCUT2D eigenvalue weighted by molar-refractivity contribution is 6.30. The van der Waals surface area contributed by atoms with Crippen molar-refractivity contribution in [2.45, 2.75) is 0 Å². The Balaban J connectivity index is 1.70. The lowest BCUT2D eigenvalue weighted by Crippen LogP contribution is -2.08. The van der Waals surface area contributed by atoms with Gasteiger partial charge in [-0.25, -0.2) is 0 Å². The zero-order valence-electron chi connectivity index (χ0n) is 16.8. The molecule has 3 aromatic carbocycles. The maximum absolute atomic E-state index is 9.67. The molecule has 0 spiro atoms. The van der Waals surface area contributed by atoms with Crippen LogP contribution in [0.2, 0.25) is 10.0 Å². The number of halogens is 2. The first-order valence-corrected chi connectivity index (χ1v) is 10.4. The Morgan fingerprint density at radius 1 is 0.667 bits per heavy atom. The van der Waals surface area contributed by atoms with E-state index in [2.05, 4.69) is 31.1 Å². The van der Waals surface area contributed by atoms with Crippen LogP contribution in [0.1, 0.15) is 17.2 Å². The molecule has 5 rings (SSSR count). The lowest BCUT2D eigenvalue weighted by Gasteiger charge is -2.10. The standard InChI is InChI=1S/C22H14Cl2N8O/c23-15-3-7-17(8-4-15)31-21(25-27-29-31)20(13-14-1-11-19(33)12-2-14)22-26-28-30-32(22)18-9-5-16(24)6-10-18/h1-13,33H. The predicted octanol–water partition coefficient (Wildman–Crippen LogP) is 4.24. The highest BCUT2D eigenvalue weighted by Gasteiger charge is 2.22. The number of aromatic nitrogens is 8. The summed E-state index contributed by atoms with van der Waals surface area (Å²) in [6.45, 7) is 0. The quantitative estimate of drug-likeness (QED) is 0.404. The van der Waals surface area contributed by atoms with Crippen molar-refractivity contribution < 1.29 is 5.11 Å². The fourth-order valence-corrected chi connectivity index (χ4v) is 3.44. The van der Waals surface area contributed by atoms with Gasteiger partial charge >= 0.3 is 0 Å². The highest BCUT2D eigenvalue weighted by Crippen LogP contribution is 2.27. The summed E-state index contributed by atoms with van der Waals surface area (Å²) in [7, 11) is 0. The van der Waals surface area contributed by atoms with Crippen LogP contribution in [0.25, 0.3) is 23.0 Å². The van der Waals surface area contributed by atoms with Gasteiger partial charge < -0.3 is 5.11 Å². The van der Waals surface area contributed by atoms with E-state index in [9.17, 15) is 5.11 Å². The third-order valence-corrected chi connectivity index (χ3v) is 5.27. The van der Waals surface area contributed by atoms with E-state index in [1.807, 2.05) is 30.3 Å². The smallest absolute Gasteiger partial charge is 0.190 e. The van der Waals surface area contributed by atoms with E-state index in [1.54, 1.807) is 57.9 Å². The third-order valence-electron chi connectivity index (χ3n) is 4.77. The first-order valence-electron chi connectivity index (χ1n) is 9.68. The number of nitrogens with zero attached hydrogens (tertiary/aromatic N) is 8. The predicted molar refractivity (Wildman–Crippen MR) is 123 cm³/mol. The van der Waals surface area contributed by atoms with E-state index in [0.29, 0.717) is 38.6 Å². The molecule has 0 radical (unpaired) electrons. The molecule has 9 nitrogen and oxygen atoms in total. The second-order valence-electron chi connectivity index (χ2n) is 6.93. The first kappa shape index (κ1) is 20.8. The van der Waals surface area contributed by atoms with Gasteiger partial charge in [0.2, 0.25) is 0 Å². The third kappa shape index (κ3) is 4.32. The van der Waals surface area contributed by atoms with Crippen LogP contribution >= 0.6 is 23.2 Å². The largest absolute Gasteiger partial charge is 0.508 e.